The molecule has 1 rings (SSSR count). The highest BCUT2D eigenvalue weighted by Crippen LogP contribution is 2.08. The van der Waals surface area contributed by atoms with Gasteiger partial charge in [-0.05, 0) is 19.3 Å². The fourth-order valence-corrected chi connectivity index (χ4v) is 1.92. The van der Waals surface area contributed by atoms with E-state index in [4.69, 9.17) is 10.00 Å². The van der Waals surface area contributed by atoms with Crippen molar-refractivity contribution in [2.75, 3.05) is 32.8 Å². The summed E-state index contributed by atoms with van der Waals surface area (Å²) in [6.45, 7) is 9.36. The van der Waals surface area contributed by atoms with E-state index in [2.05, 4.69) is 11.0 Å². The third kappa shape index (κ3) is 4.53. The minimum absolute atomic E-state index is 0.0864. The van der Waals surface area contributed by atoms with Crippen molar-refractivity contribution in [3.63, 3.8) is 0 Å². The van der Waals surface area contributed by atoms with E-state index < -0.39 is 0 Å². The third-order valence-corrected chi connectivity index (χ3v) is 3.06. The van der Waals surface area contributed by atoms with Crippen LogP contribution in [0.4, 0.5) is 4.79 Å². The lowest BCUT2D eigenvalue weighted by Crippen LogP contribution is -2.38. The molecule has 1 heterocycles. The summed E-state index contributed by atoms with van der Waals surface area (Å²) in [4.78, 5) is 15.7. The zero-order valence-corrected chi connectivity index (χ0v) is 11.6. The molecule has 1 aliphatic rings. The molecule has 1 saturated heterocycles. The van der Waals surface area contributed by atoms with Crippen LogP contribution in [0.15, 0.2) is 0 Å². The van der Waals surface area contributed by atoms with Crippen LogP contribution in [-0.4, -0.2) is 54.7 Å². The summed E-state index contributed by atoms with van der Waals surface area (Å²) in [5, 5.41) is 8.90. The quantitative estimate of drug-likeness (QED) is 0.768. The lowest BCUT2D eigenvalue weighted by molar-refractivity contribution is 0.0928. The largest absolute Gasteiger partial charge is 0.449 e. The second-order valence-corrected chi connectivity index (χ2v) is 5.15. The predicted octanol–water partition coefficient (Wildman–Crippen LogP) is 1.70. The van der Waals surface area contributed by atoms with E-state index in [1.54, 1.807) is 4.90 Å². The van der Waals surface area contributed by atoms with Crippen LogP contribution >= 0.6 is 0 Å². The molecular formula is C13H23N3O2. The SMILES string of the molecule is CC(C)COC(=O)N1CCCN([C@H](C)C#N)CC1. The fourth-order valence-electron chi connectivity index (χ4n) is 1.92. The Balaban J connectivity index is 2.42. The predicted molar refractivity (Wildman–Crippen MR) is 69.0 cm³/mol. The normalized spacial score (nSPS) is 19.2. The molecule has 0 saturated carbocycles. The van der Waals surface area contributed by atoms with Gasteiger partial charge in [-0.1, -0.05) is 13.8 Å². The van der Waals surface area contributed by atoms with Crippen molar-refractivity contribution in [3.05, 3.63) is 0 Å². The molecule has 102 valence electrons. The summed E-state index contributed by atoms with van der Waals surface area (Å²) in [5.41, 5.74) is 0. The lowest BCUT2D eigenvalue weighted by atomic mass is 10.2. The fraction of sp³-hybridized carbons (Fsp3) is 0.846. The maximum Gasteiger partial charge on any atom is 0.409 e. The van der Waals surface area contributed by atoms with Crippen LogP contribution in [0.1, 0.15) is 27.2 Å². The van der Waals surface area contributed by atoms with Gasteiger partial charge in [0.25, 0.3) is 0 Å². The highest BCUT2D eigenvalue weighted by molar-refractivity contribution is 5.67. The van der Waals surface area contributed by atoms with Gasteiger partial charge in [-0.15, -0.1) is 0 Å². The number of hydrogen-bond acceptors (Lipinski definition) is 4. The number of nitrogens with zero attached hydrogens (tertiary/aromatic N) is 3. The smallest absolute Gasteiger partial charge is 0.409 e. The van der Waals surface area contributed by atoms with Crippen LogP contribution in [0.25, 0.3) is 0 Å². The summed E-state index contributed by atoms with van der Waals surface area (Å²) in [5.74, 6) is 0.357. The first-order valence-electron chi connectivity index (χ1n) is 6.60. The molecule has 5 nitrogen and oxygen atoms in total. The zero-order valence-electron chi connectivity index (χ0n) is 11.6. The first kappa shape index (κ1) is 14.8. The monoisotopic (exact) mass is 253 g/mol. The van der Waals surface area contributed by atoms with Crippen molar-refractivity contribution in [2.24, 2.45) is 5.92 Å². The Morgan fingerprint density at radius 3 is 2.61 bits per heavy atom. The van der Waals surface area contributed by atoms with Crippen molar-refractivity contribution in [1.82, 2.24) is 9.80 Å². The molecule has 0 spiro atoms. The zero-order chi connectivity index (χ0) is 13.5. The van der Waals surface area contributed by atoms with Gasteiger partial charge in [0.1, 0.15) is 0 Å². The minimum Gasteiger partial charge on any atom is -0.449 e. The average Bonchev–Trinajstić information content (AvgIpc) is 2.60. The first-order chi connectivity index (χ1) is 8.54. The maximum atomic E-state index is 11.8. The average molecular weight is 253 g/mol. The summed E-state index contributed by atoms with van der Waals surface area (Å²) in [6.07, 6.45) is 0.665. The summed E-state index contributed by atoms with van der Waals surface area (Å²) >= 11 is 0. The van der Waals surface area contributed by atoms with Crippen molar-refractivity contribution >= 4 is 6.09 Å². The number of carbonyl (C=O) groups is 1. The Labute approximate surface area is 109 Å². The molecule has 1 atom stereocenters. The second-order valence-electron chi connectivity index (χ2n) is 5.15. The van der Waals surface area contributed by atoms with Crippen LogP contribution in [0.3, 0.4) is 0 Å². The molecule has 0 aliphatic carbocycles. The number of hydrogen-bond donors (Lipinski definition) is 0. The molecule has 5 heteroatoms. The Hall–Kier alpha value is -1.28. The van der Waals surface area contributed by atoms with Crippen LogP contribution in [0, 0.1) is 17.2 Å². The van der Waals surface area contributed by atoms with Gasteiger partial charge in [0.05, 0.1) is 18.7 Å². The molecule has 0 aromatic carbocycles. The van der Waals surface area contributed by atoms with Crippen LogP contribution in [-0.2, 0) is 4.74 Å². The molecule has 0 bridgehead atoms. The van der Waals surface area contributed by atoms with E-state index >= 15 is 0 Å². The van der Waals surface area contributed by atoms with Crippen molar-refractivity contribution < 1.29 is 9.53 Å². The number of nitriles is 1. The standard InChI is InChI=1S/C13H23N3O2/c1-11(2)10-18-13(17)16-6-4-5-15(7-8-16)12(3)9-14/h11-12H,4-8,10H2,1-3H3/t12-/m1/s1. The van der Waals surface area contributed by atoms with Gasteiger partial charge in [-0.3, -0.25) is 4.90 Å². The molecule has 18 heavy (non-hydrogen) atoms. The van der Waals surface area contributed by atoms with E-state index in [0.29, 0.717) is 25.6 Å². The highest BCUT2D eigenvalue weighted by atomic mass is 16.6. The molecular weight excluding hydrogens is 230 g/mol. The van der Waals surface area contributed by atoms with E-state index in [9.17, 15) is 4.79 Å². The lowest BCUT2D eigenvalue weighted by Gasteiger charge is -2.23. The maximum absolute atomic E-state index is 11.8. The van der Waals surface area contributed by atoms with Crippen molar-refractivity contribution in [3.8, 4) is 6.07 Å². The first-order valence-corrected chi connectivity index (χ1v) is 6.60. The summed E-state index contributed by atoms with van der Waals surface area (Å²) in [6, 6.07) is 2.15. The molecule has 1 fully saturated rings. The molecule has 0 N–H and O–H groups in total. The van der Waals surface area contributed by atoms with Gasteiger partial charge in [0.2, 0.25) is 0 Å². The third-order valence-electron chi connectivity index (χ3n) is 3.06. The Bertz CT molecular complexity index is 312. The van der Waals surface area contributed by atoms with Crippen LogP contribution < -0.4 is 0 Å². The van der Waals surface area contributed by atoms with Gasteiger partial charge >= 0.3 is 6.09 Å². The van der Waals surface area contributed by atoms with Gasteiger partial charge in [-0.25, -0.2) is 4.79 Å². The minimum atomic E-state index is -0.227. The Kier molecular flexibility index (Phi) is 5.93. The van der Waals surface area contributed by atoms with Gasteiger partial charge in [0, 0.05) is 26.2 Å². The van der Waals surface area contributed by atoms with E-state index in [-0.39, 0.29) is 12.1 Å². The number of amides is 1. The molecule has 0 radical (unpaired) electrons. The van der Waals surface area contributed by atoms with Crippen molar-refractivity contribution in [1.29, 1.82) is 5.26 Å². The Morgan fingerprint density at radius 2 is 2.00 bits per heavy atom. The summed E-state index contributed by atoms with van der Waals surface area (Å²) < 4.78 is 5.22. The molecule has 1 amide bonds. The topological polar surface area (TPSA) is 56.6 Å². The number of carbonyl (C=O) groups excluding carboxylic acids is 1. The number of ether oxygens (including phenoxy) is 1. The van der Waals surface area contributed by atoms with E-state index in [1.807, 2.05) is 20.8 Å². The molecule has 1 aliphatic heterocycles. The van der Waals surface area contributed by atoms with Gasteiger partial charge in [0.15, 0.2) is 0 Å². The van der Waals surface area contributed by atoms with Gasteiger partial charge < -0.3 is 9.64 Å². The Morgan fingerprint density at radius 1 is 1.28 bits per heavy atom. The van der Waals surface area contributed by atoms with Gasteiger partial charge in [-0.2, -0.15) is 5.26 Å². The molecule has 0 aromatic rings. The summed E-state index contributed by atoms with van der Waals surface area (Å²) in [7, 11) is 0. The van der Waals surface area contributed by atoms with Crippen molar-refractivity contribution in [2.45, 2.75) is 33.2 Å². The second kappa shape index (κ2) is 7.22. The van der Waals surface area contributed by atoms with Crippen LogP contribution in [0.2, 0.25) is 0 Å². The molecule has 0 aromatic heterocycles. The molecule has 0 unspecified atom stereocenters. The van der Waals surface area contributed by atoms with Crippen LogP contribution in [0.5, 0.6) is 0 Å². The highest BCUT2D eigenvalue weighted by Gasteiger charge is 2.22. The van der Waals surface area contributed by atoms with E-state index in [1.165, 1.54) is 0 Å². The van der Waals surface area contributed by atoms with E-state index in [0.717, 1.165) is 19.5 Å². The number of rotatable bonds is 3.